The van der Waals surface area contributed by atoms with Gasteiger partial charge in [0.1, 0.15) is 6.33 Å². The topological polar surface area (TPSA) is 47.7 Å². The first-order valence-corrected chi connectivity index (χ1v) is 6.51. The molecular weight excluding hydrogens is 250 g/mol. The van der Waals surface area contributed by atoms with Crippen molar-refractivity contribution < 1.29 is 0 Å². The molecule has 0 amide bonds. The van der Waals surface area contributed by atoms with E-state index in [9.17, 15) is 0 Å². The Morgan fingerprint density at radius 2 is 1.90 bits per heavy atom. The number of benzene rings is 1. The quantitative estimate of drug-likeness (QED) is 0.789. The van der Waals surface area contributed by atoms with E-state index >= 15 is 0 Å². The summed E-state index contributed by atoms with van der Waals surface area (Å²) < 4.78 is 3.96. The molecule has 5 heteroatoms. The zero-order chi connectivity index (χ0) is 13.9. The molecule has 2 aromatic heterocycles. The van der Waals surface area contributed by atoms with Crippen LogP contribution in [0, 0.1) is 0 Å². The van der Waals surface area contributed by atoms with E-state index in [4.69, 9.17) is 0 Å². The second-order valence-corrected chi connectivity index (χ2v) is 4.88. The van der Waals surface area contributed by atoms with Gasteiger partial charge in [-0.15, -0.1) is 10.2 Å². The number of nitrogens with zero attached hydrogens (tertiary/aromatic N) is 4. The maximum Gasteiger partial charge on any atom is 0.163 e. The molecule has 0 radical (unpaired) electrons. The Morgan fingerprint density at radius 3 is 2.50 bits per heavy atom. The first-order chi connectivity index (χ1) is 9.72. The molecule has 20 heavy (non-hydrogen) atoms. The van der Waals surface area contributed by atoms with Crippen molar-refractivity contribution in [2.45, 2.75) is 6.54 Å². The average molecular weight is 267 g/mol. The Balaban J connectivity index is 1.69. The summed E-state index contributed by atoms with van der Waals surface area (Å²) >= 11 is 0. The molecule has 0 atom stereocenters. The minimum absolute atomic E-state index is 0.824. The summed E-state index contributed by atoms with van der Waals surface area (Å²) in [6.07, 6.45) is 5.87. The molecule has 0 saturated heterocycles. The largest absolute Gasteiger partial charge is 0.381 e. The number of anilines is 1. The molecule has 0 unspecified atom stereocenters. The molecular formula is C15H17N5. The first kappa shape index (κ1) is 12.5. The third-order valence-corrected chi connectivity index (χ3v) is 3.24. The minimum atomic E-state index is 0.824. The molecule has 2 heterocycles. The van der Waals surface area contributed by atoms with E-state index in [2.05, 4.69) is 52.0 Å². The summed E-state index contributed by atoms with van der Waals surface area (Å²) in [5.41, 5.74) is 3.43. The van der Waals surface area contributed by atoms with Crippen LogP contribution in [0.4, 0.5) is 5.69 Å². The van der Waals surface area contributed by atoms with E-state index in [1.165, 1.54) is 5.56 Å². The molecule has 1 N–H and O–H groups in total. The number of nitrogens with one attached hydrogen (secondary N) is 1. The first-order valence-electron chi connectivity index (χ1n) is 6.51. The van der Waals surface area contributed by atoms with Gasteiger partial charge in [0, 0.05) is 44.3 Å². The van der Waals surface area contributed by atoms with Crippen LogP contribution in [-0.4, -0.2) is 19.3 Å². The van der Waals surface area contributed by atoms with Crippen molar-refractivity contribution in [2.24, 2.45) is 14.1 Å². The number of rotatable bonds is 4. The van der Waals surface area contributed by atoms with Crippen molar-refractivity contribution in [2.75, 3.05) is 5.32 Å². The second kappa shape index (κ2) is 5.21. The highest BCUT2D eigenvalue weighted by Crippen LogP contribution is 2.19. The molecule has 0 aliphatic heterocycles. The van der Waals surface area contributed by atoms with Crippen molar-refractivity contribution in [3.05, 3.63) is 54.6 Å². The normalized spacial score (nSPS) is 10.7. The van der Waals surface area contributed by atoms with Crippen molar-refractivity contribution in [3.8, 4) is 11.4 Å². The Bertz CT molecular complexity index is 693. The maximum absolute atomic E-state index is 4.10. The average Bonchev–Trinajstić information content (AvgIpc) is 3.06. The van der Waals surface area contributed by atoms with Crippen LogP contribution < -0.4 is 5.32 Å². The van der Waals surface area contributed by atoms with E-state index in [1.54, 1.807) is 6.33 Å². The van der Waals surface area contributed by atoms with Crippen molar-refractivity contribution in [3.63, 3.8) is 0 Å². The Labute approximate surface area is 117 Å². The summed E-state index contributed by atoms with van der Waals surface area (Å²) in [5, 5.41) is 11.4. The van der Waals surface area contributed by atoms with Gasteiger partial charge in [0.2, 0.25) is 0 Å². The van der Waals surface area contributed by atoms with E-state index in [0.717, 1.165) is 23.6 Å². The number of hydrogen-bond acceptors (Lipinski definition) is 3. The smallest absolute Gasteiger partial charge is 0.163 e. The van der Waals surface area contributed by atoms with Crippen LogP contribution >= 0.6 is 0 Å². The maximum atomic E-state index is 4.10. The highest BCUT2D eigenvalue weighted by molar-refractivity contribution is 5.59. The van der Waals surface area contributed by atoms with Gasteiger partial charge in [-0.25, -0.2) is 0 Å². The predicted octanol–water partition coefficient (Wildman–Crippen LogP) is 2.43. The van der Waals surface area contributed by atoms with Crippen LogP contribution in [0.2, 0.25) is 0 Å². The van der Waals surface area contributed by atoms with Gasteiger partial charge in [0.25, 0.3) is 0 Å². The molecule has 0 aliphatic rings. The molecule has 0 fully saturated rings. The SMILES string of the molecule is Cn1ccc(CNc2ccc(-c3nncn3C)cc2)c1. The summed E-state index contributed by atoms with van der Waals surface area (Å²) in [4.78, 5) is 0. The van der Waals surface area contributed by atoms with Crippen LogP contribution in [-0.2, 0) is 20.6 Å². The van der Waals surface area contributed by atoms with E-state index in [0.29, 0.717) is 0 Å². The fourth-order valence-electron chi connectivity index (χ4n) is 2.15. The lowest BCUT2D eigenvalue weighted by Crippen LogP contribution is -1.98. The van der Waals surface area contributed by atoms with Gasteiger partial charge in [-0.1, -0.05) is 0 Å². The minimum Gasteiger partial charge on any atom is -0.381 e. The van der Waals surface area contributed by atoms with Crippen LogP contribution in [0.5, 0.6) is 0 Å². The summed E-state index contributed by atoms with van der Waals surface area (Å²) in [7, 11) is 3.97. The lowest BCUT2D eigenvalue weighted by Gasteiger charge is -2.06. The molecule has 102 valence electrons. The van der Waals surface area contributed by atoms with Gasteiger partial charge < -0.3 is 14.5 Å². The molecule has 0 saturated carbocycles. The standard InChI is InChI=1S/C15H17N5/c1-19-8-7-12(10-19)9-16-14-5-3-13(4-6-14)15-18-17-11-20(15)2/h3-8,10-11,16H,9H2,1-2H3. The molecule has 3 aromatic rings. The van der Waals surface area contributed by atoms with Gasteiger partial charge in [0.15, 0.2) is 5.82 Å². The number of aromatic nitrogens is 4. The van der Waals surface area contributed by atoms with Crippen molar-refractivity contribution >= 4 is 5.69 Å². The van der Waals surface area contributed by atoms with E-state index < -0.39 is 0 Å². The molecule has 5 nitrogen and oxygen atoms in total. The molecule has 0 aliphatic carbocycles. The van der Waals surface area contributed by atoms with Crippen molar-refractivity contribution in [1.29, 1.82) is 0 Å². The molecule has 0 bridgehead atoms. The van der Waals surface area contributed by atoms with Crippen LogP contribution in [0.25, 0.3) is 11.4 Å². The summed E-state index contributed by atoms with van der Waals surface area (Å²) in [6.45, 7) is 0.824. The number of aryl methyl sites for hydroxylation is 2. The molecule has 1 aromatic carbocycles. The lowest BCUT2D eigenvalue weighted by atomic mass is 10.2. The van der Waals surface area contributed by atoms with Gasteiger partial charge in [-0.2, -0.15) is 0 Å². The monoisotopic (exact) mass is 267 g/mol. The Hall–Kier alpha value is -2.56. The zero-order valence-electron chi connectivity index (χ0n) is 11.6. The Morgan fingerprint density at radius 1 is 1.10 bits per heavy atom. The molecule has 3 rings (SSSR count). The van der Waals surface area contributed by atoms with Crippen LogP contribution in [0.3, 0.4) is 0 Å². The second-order valence-electron chi connectivity index (χ2n) is 4.88. The fourth-order valence-corrected chi connectivity index (χ4v) is 2.15. The van der Waals surface area contributed by atoms with E-state index in [-0.39, 0.29) is 0 Å². The third kappa shape index (κ3) is 2.56. The van der Waals surface area contributed by atoms with Gasteiger partial charge in [-0.3, -0.25) is 0 Å². The Kier molecular flexibility index (Phi) is 3.25. The van der Waals surface area contributed by atoms with Crippen LogP contribution in [0.1, 0.15) is 5.56 Å². The zero-order valence-corrected chi connectivity index (χ0v) is 11.6. The summed E-state index contributed by atoms with van der Waals surface area (Å²) in [6, 6.07) is 10.3. The van der Waals surface area contributed by atoms with Gasteiger partial charge >= 0.3 is 0 Å². The fraction of sp³-hybridized carbons (Fsp3) is 0.200. The molecule has 0 spiro atoms. The summed E-state index contributed by atoms with van der Waals surface area (Å²) in [5.74, 6) is 0.875. The highest BCUT2D eigenvalue weighted by atomic mass is 15.2. The predicted molar refractivity (Wildman–Crippen MR) is 79.2 cm³/mol. The third-order valence-electron chi connectivity index (χ3n) is 3.24. The number of hydrogen-bond donors (Lipinski definition) is 1. The highest BCUT2D eigenvalue weighted by Gasteiger charge is 2.04. The van der Waals surface area contributed by atoms with Gasteiger partial charge in [-0.05, 0) is 35.9 Å². The van der Waals surface area contributed by atoms with E-state index in [1.807, 2.05) is 29.4 Å². The van der Waals surface area contributed by atoms with Crippen molar-refractivity contribution in [1.82, 2.24) is 19.3 Å². The lowest BCUT2D eigenvalue weighted by molar-refractivity contribution is 0.919. The van der Waals surface area contributed by atoms with Gasteiger partial charge in [0.05, 0.1) is 0 Å². The van der Waals surface area contributed by atoms with Crippen LogP contribution in [0.15, 0.2) is 49.1 Å².